The molecule has 2 bridgehead atoms. The van der Waals surface area contributed by atoms with E-state index in [1.54, 1.807) is 0 Å². The average Bonchev–Trinajstić information content (AvgIpc) is 3.64. The maximum absolute atomic E-state index is 12.8. The van der Waals surface area contributed by atoms with Crippen LogP contribution >= 0.6 is 0 Å². The van der Waals surface area contributed by atoms with Crippen molar-refractivity contribution in [1.29, 1.82) is 0 Å². The number of hydrogen-bond donors (Lipinski definition) is 4. The van der Waals surface area contributed by atoms with Gasteiger partial charge in [0, 0.05) is 6.54 Å². The van der Waals surface area contributed by atoms with Crippen LogP contribution in [0.4, 0.5) is 4.79 Å². The van der Waals surface area contributed by atoms with Crippen molar-refractivity contribution in [2.45, 2.75) is 129 Å². The molecule has 14 atom stereocenters. The lowest BCUT2D eigenvalue weighted by molar-refractivity contribution is -0.203. The zero-order valence-corrected chi connectivity index (χ0v) is 26.7. The number of carbonyl (C=O) groups excluding carboxylic acids is 1. The van der Waals surface area contributed by atoms with E-state index in [0.29, 0.717) is 54.4 Å². The van der Waals surface area contributed by atoms with Crippen LogP contribution in [0.25, 0.3) is 0 Å². The number of aliphatic hydroxyl groups is 2. The summed E-state index contributed by atoms with van der Waals surface area (Å²) in [5.74, 6) is 3.77. The molecule has 0 aliphatic heterocycles. The third kappa shape index (κ3) is 4.98. The van der Waals surface area contributed by atoms with Crippen molar-refractivity contribution in [2.75, 3.05) is 6.54 Å². The largest absolute Gasteiger partial charge is 0.393 e. The fraction of sp³-hybridized carbons (Fsp3) is 0.970. The normalized spacial score (nSPS) is 49.6. The predicted molar refractivity (Wildman–Crippen MR) is 160 cm³/mol. The highest BCUT2D eigenvalue weighted by atomic mass is 32.2. The smallest absolute Gasteiger partial charge is 0.328 e. The Labute approximate surface area is 248 Å². The summed E-state index contributed by atoms with van der Waals surface area (Å²) >= 11 is 0. The summed E-state index contributed by atoms with van der Waals surface area (Å²) in [6, 6.07) is -0.577. The highest BCUT2D eigenvalue weighted by Gasteiger charge is 2.64. The fourth-order valence-corrected chi connectivity index (χ4v) is 14.1. The SMILES string of the molecule is CC[C@H]1[C@@H](O)[C@@H]2[C@H](CC[C@]3(C)[C@@H]([C@H](C)CCNC(=O)NS(=O)(=O)C4CC5CCC4C5)CC[C@@H]23)[C@@]2(C)CC[C@@H](O)C[C@@H]12. The fourth-order valence-electron chi connectivity index (χ4n) is 12.4. The maximum Gasteiger partial charge on any atom is 0.328 e. The molecule has 0 aromatic carbocycles. The van der Waals surface area contributed by atoms with Gasteiger partial charge in [-0.1, -0.05) is 40.5 Å². The molecule has 0 heterocycles. The Morgan fingerprint density at radius 3 is 2.34 bits per heavy atom. The van der Waals surface area contributed by atoms with Gasteiger partial charge in [-0.3, -0.25) is 0 Å². The first kappa shape index (κ1) is 30.2. The quantitative estimate of drug-likeness (QED) is 0.314. The van der Waals surface area contributed by atoms with Gasteiger partial charge in [-0.25, -0.2) is 17.9 Å². The highest BCUT2D eigenvalue weighted by Crippen LogP contribution is 2.69. The summed E-state index contributed by atoms with van der Waals surface area (Å²) in [5.41, 5.74) is 0.398. The molecule has 0 saturated heterocycles. The number of fused-ring (bicyclic) bond motifs is 7. The molecule has 2 amide bonds. The summed E-state index contributed by atoms with van der Waals surface area (Å²) in [7, 11) is -3.62. The lowest BCUT2D eigenvalue weighted by atomic mass is 9.41. The average molecular weight is 593 g/mol. The van der Waals surface area contributed by atoms with Crippen LogP contribution in [0.1, 0.15) is 111 Å². The van der Waals surface area contributed by atoms with Gasteiger partial charge in [-0.2, -0.15) is 0 Å². The number of sulfonamides is 1. The Hall–Kier alpha value is -0.860. The number of carbonyl (C=O) groups is 1. The van der Waals surface area contributed by atoms with Gasteiger partial charge in [0.05, 0.1) is 17.5 Å². The number of nitrogens with one attached hydrogen (secondary N) is 2. The van der Waals surface area contributed by atoms with Gasteiger partial charge in [-0.15, -0.1) is 0 Å². The van der Waals surface area contributed by atoms with Crippen LogP contribution in [0.15, 0.2) is 0 Å². The van der Waals surface area contributed by atoms with Gasteiger partial charge >= 0.3 is 6.03 Å². The molecule has 0 aromatic heterocycles. The Morgan fingerprint density at radius 2 is 1.66 bits per heavy atom. The first-order chi connectivity index (χ1) is 19.4. The molecular weight excluding hydrogens is 536 g/mol. The van der Waals surface area contributed by atoms with Crippen LogP contribution in [-0.4, -0.2) is 48.7 Å². The van der Waals surface area contributed by atoms with E-state index in [9.17, 15) is 23.4 Å². The summed E-state index contributed by atoms with van der Waals surface area (Å²) in [6.45, 7) is 9.98. The van der Waals surface area contributed by atoms with Crippen molar-refractivity contribution in [3.05, 3.63) is 0 Å². The standard InChI is InChI=1S/C33H56N2O5S/c1-5-23-27-18-22(36)10-13-33(27,4)26-11-14-32(3)24(8-9-25(32)29(26)30(23)37)19(2)12-15-34-31(38)35-41(39,40)28-17-20-6-7-21(28)16-20/h19-30,36-37H,5-18H2,1-4H3,(H2,34,35,38)/t19-,20?,21?,22-,23-,24-,25+,26+,27+,28?,29+,30-,32-,33-/m1/s1. The maximum atomic E-state index is 12.8. The molecule has 41 heavy (non-hydrogen) atoms. The van der Waals surface area contributed by atoms with Crippen LogP contribution < -0.4 is 10.0 Å². The molecule has 7 nitrogen and oxygen atoms in total. The predicted octanol–water partition coefficient (Wildman–Crippen LogP) is 5.46. The lowest BCUT2D eigenvalue weighted by Gasteiger charge is -2.64. The third-order valence-corrected chi connectivity index (χ3v) is 16.2. The molecule has 6 aliphatic rings. The first-order valence-corrected chi connectivity index (χ1v) is 18.6. The highest BCUT2D eigenvalue weighted by molar-refractivity contribution is 7.90. The van der Waals surface area contributed by atoms with Crippen molar-refractivity contribution in [2.24, 2.45) is 64.1 Å². The number of aliphatic hydroxyl groups excluding tert-OH is 2. The molecule has 8 heteroatoms. The van der Waals surface area contributed by atoms with Crippen molar-refractivity contribution in [3.8, 4) is 0 Å². The number of rotatable bonds is 7. The number of amides is 2. The van der Waals surface area contributed by atoms with E-state index in [2.05, 4.69) is 37.7 Å². The summed E-state index contributed by atoms with van der Waals surface area (Å²) in [4.78, 5) is 12.6. The van der Waals surface area contributed by atoms with E-state index in [-0.39, 0.29) is 34.9 Å². The van der Waals surface area contributed by atoms with E-state index in [1.807, 2.05) is 0 Å². The van der Waals surface area contributed by atoms with Crippen molar-refractivity contribution in [1.82, 2.24) is 10.0 Å². The lowest BCUT2D eigenvalue weighted by Crippen LogP contribution is -2.62. The summed E-state index contributed by atoms with van der Waals surface area (Å²) in [5, 5.41) is 24.9. The molecule has 0 spiro atoms. The van der Waals surface area contributed by atoms with Gasteiger partial charge in [0.25, 0.3) is 0 Å². The molecule has 0 radical (unpaired) electrons. The van der Waals surface area contributed by atoms with Crippen LogP contribution in [-0.2, 0) is 10.0 Å². The van der Waals surface area contributed by atoms with Crippen LogP contribution in [0.5, 0.6) is 0 Å². The van der Waals surface area contributed by atoms with Gasteiger partial charge in [-0.05, 0) is 135 Å². The van der Waals surface area contributed by atoms with E-state index in [1.165, 1.54) is 25.7 Å². The first-order valence-electron chi connectivity index (χ1n) is 17.0. The Balaban J connectivity index is 1.07. The zero-order valence-electron chi connectivity index (χ0n) is 25.9. The summed E-state index contributed by atoms with van der Waals surface area (Å²) < 4.78 is 28.0. The number of hydrogen-bond acceptors (Lipinski definition) is 5. The molecular formula is C33H56N2O5S. The molecule has 3 unspecified atom stereocenters. The van der Waals surface area contributed by atoms with Gasteiger partial charge in [0.1, 0.15) is 0 Å². The van der Waals surface area contributed by atoms with Crippen LogP contribution in [0.2, 0.25) is 0 Å². The van der Waals surface area contributed by atoms with E-state index >= 15 is 0 Å². The zero-order chi connectivity index (χ0) is 29.3. The minimum atomic E-state index is -3.62. The van der Waals surface area contributed by atoms with Crippen molar-refractivity contribution in [3.63, 3.8) is 0 Å². The Morgan fingerprint density at radius 1 is 0.927 bits per heavy atom. The van der Waals surface area contributed by atoms with E-state index in [4.69, 9.17) is 0 Å². The van der Waals surface area contributed by atoms with Crippen molar-refractivity contribution < 1.29 is 23.4 Å². The molecule has 6 aliphatic carbocycles. The molecule has 4 N–H and O–H groups in total. The Kier molecular flexibility index (Phi) is 8.05. The van der Waals surface area contributed by atoms with Crippen LogP contribution in [0, 0.1) is 64.1 Å². The minimum Gasteiger partial charge on any atom is -0.393 e. The molecule has 234 valence electrons. The molecule has 0 aromatic rings. The third-order valence-electron chi connectivity index (χ3n) is 14.3. The Bertz CT molecular complexity index is 1100. The molecule has 6 fully saturated rings. The second-order valence-corrected chi connectivity index (χ2v) is 17.9. The topological polar surface area (TPSA) is 116 Å². The van der Waals surface area contributed by atoms with Gasteiger partial charge in [0.2, 0.25) is 10.0 Å². The van der Waals surface area contributed by atoms with E-state index in [0.717, 1.165) is 51.4 Å². The second kappa shape index (κ2) is 10.9. The molecule has 6 rings (SSSR count). The summed E-state index contributed by atoms with van der Waals surface area (Å²) in [6.07, 6.45) is 12.6. The molecule has 6 saturated carbocycles. The number of urea groups is 1. The van der Waals surface area contributed by atoms with Crippen LogP contribution in [0.3, 0.4) is 0 Å². The van der Waals surface area contributed by atoms with Gasteiger partial charge < -0.3 is 15.5 Å². The second-order valence-electron chi connectivity index (χ2n) is 16.0. The van der Waals surface area contributed by atoms with Gasteiger partial charge in [0.15, 0.2) is 0 Å². The van der Waals surface area contributed by atoms with E-state index < -0.39 is 21.3 Å². The van der Waals surface area contributed by atoms with Crippen molar-refractivity contribution >= 4 is 16.1 Å². The monoisotopic (exact) mass is 592 g/mol. The minimum absolute atomic E-state index is 0.185.